The number of amides is 3. The molecule has 2 rings (SSSR count). The first-order chi connectivity index (χ1) is 15.6. The Kier molecular flexibility index (Phi) is 9.38. The molecule has 0 aliphatic carbocycles. The van der Waals surface area contributed by atoms with E-state index in [0.717, 1.165) is 5.56 Å². The highest BCUT2D eigenvalue weighted by atomic mass is 16.5. The summed E-state index contributed by atoms with van der Waals surface area (Å²) in [6.45, 7) is 6.35. The van der Waals surface area contributed by atoms with Crippen LogP contribution in [0.4, 0.5) is 0 Å². The van der Waals surface area contributed by atoms with E-state index in [4.69, 9.17) is 4.74 Å². The lowest BCUT2D eigenvalue weighted by atomic mass is 9.97. The third-order valence-electron chi connectivity index (χ3n) is 4.81. The van der Waals surface area contributed by atoms with Gasteiger partial charge in [0.15, 0.2) is 0 Å². The van der Waals surface area contributed by atoms with Crippen LogP contribution in [0.25, 0.3) is 0 Å². The largest absolute Gasteiger partial charge is 0.491 e. The zero-order valence-corrected chi connectivity index (χ0v) is 19.3. The van der Waals surface area contributed by atoms with Crippen LogP contribution in [-0.2, 0) is 20.0 Å². The average molecular weight is 457 g/mol. The number of nitrogens with one attached hydrogen (secondary N) is 4. The third-order valence-corrected chi connectivity index (χ3v) is 4.81. The molecular formula is C24H32N4O5. The summed E-state index contributed by atoms with van der Waals surface area (Å²) in [7, 11) is 0. The van der Waals surface area contributed by atoms with Gasteiger partial charge in [0.1, 0.15) is 18.5 Å². The van der Waals surface area contributed by atoms with Gasteiger partial charge in [-0.2, -0.15) is 0 Å². The van der Waals surface area contributed by atoms with Crippen molar-refractivity contribution in [1.29, 1.82) is 0 Å². The van der Waals surface area contributed by atoms with Crippen molar-refractivity contribution >= 4 is 17.7 Å². The van der Waals surface area contributed by atoms with Crippen LogP contribution in [0.5, 0.6) is 5.75 Å². The second kappa shape index (κ2) is 12.0. The molecule has 0 spiro atoms. The zero-order valence-electron chi connectivity index (χ0n) is 19.3. The second-order valence-corrected chi connectivity index (χ2v) is 7.81. The first kappa shape index (κ1) is 25.8. The van der Waals surface area contributed by atoms with Gasteiger partial charge < -0.3 is 25.8 Å². The molecule has 0 aliphatic heterocycles. The van der Waals surface area contributed by atoms with Crippen LogP contribution in [0.1, 0.15) is 31.9 Å². The van der Waals surface area contributed by atoms with E-state index in [-0.39, 0.29) is 13.2 Å². The molecule has 0 aliphatic rings. The van der Waals surface area contributed by atoms with Crippen molar-refractivity contribution in [3.05, 3.63) is 65.7 Å². The van der Waals surface area contributed by atoms with E-state index in [2.05, 4.69) is 21.3 Å². The predicted molar refractivity (Wildman–Crippen MR) is 124 cm³/mol. The van der Waals surface area contributed by atoms with E-state index in [9.17, 15) is 19.5 Å². The monoisotopic (exact) mass is 456 g/mol. The quantitative estimate of drug-likeness (QED) is 0.320. The van der Waals surface area contributed by atoms with Gasteiger partial charge in [-0.3, -0.25) is 19.7 Å². The van der Waals surface area contributed by atoms with E-state index in [1.807, 2.05) is 31.2 Å². The second-order valence-electron chi connectivity index (χ2n) is 7.81. The number of aliphatic hydroxyl groups excluding tert-OH is 1. The Balaban J connectivity index is 2.03. The minimum absolute atomic E-state index is 0.0737. The van der Waals surface area contributed by atoms with Gasteiger partial charge in [0, 0.05) is 26.0 Å². The molecule has 0 aromatic heterocycles. The lowest BCUT2D eigenvalue weighted by Crippen LogP contribution is -2.67. The number of para-hydroxylation sites is 1. The zero-order chi connectivity index (χ0) is 24.4. The normalized spacial score (nSPS) is 12.9. The number of hydrogen-bond acceptors (Lipinski definition) is 6. The summed E-state index contributed by atoms with van der Waals surface area (Å²) in [5, 5.41) is 21.1. The van der Waals surface area contributed by atoms with Crippen LogP contribution < -0.4 is 26.0 Å². The topological polar surface area (TPSA) is 129 Å². The Morgan fingerprint density at radius 1 is 0.970 bits per heavy atom. The third kappa shape index (κ3) is 7.58. The van der Waals surface area contributed by atoms with Crippen molar-refractivity contribution in [3.63, 3.8) is 0 Å². The molecule has 2 atom stereocenters. The van der Waals surface area contributed by atoms with Crippen molar-refractivity contribution in [2.45, 2.75) is 45.6 Å². The number of aryl methyl sites for hydroxylation is 1. The predicted octanol–water partition coefficient (Wildman–Crippen LogP) is 0.912. The molecule has 0 radical (unpaired) electrons. The Morgan fingerprint density at radius 3 is 2.12 bits per heavy atom. The molecule has 5 N–H and O–H groups in total. The van der Waals surface area contributed by atoms with Crippen LogP contribution in [0.3, 0.4) is 0 Å². The highest BCUT2D eigenvalue weighted by Gasteiger charge is 2.42. The first-order valence-electron chi connectivity index (χ1n) is 10.7. The van der Waals surface area contributed by atoms with Gasteiger partial charge in [-0.05, 0) is 25.5 Å². The van der Waals surface area contributed by atoms with Gasteiger partial charge in [-0.15, -0.1) is 0 Å². The molecule has 3 amide bonds. The van der Waals surface area contributed by atoms with Gasteiger partial charge in [0.05, 0.1) is 6.17 Å². The SMILES string of the molecule is CC(=O)NC(NC(C)=O)(C(=O)NC(C)NCC(O)COc1ccccc1C)c1ccccc1. The maximum atomic E-state index is 13.3. The number of aliphatic hydroxyl groups is 1. The number of hydrogen-bond donors (Lipinski definition) is 5. The highest BCUT2D eigenvalue weighted by molar-refractivity contribution is 5.95. The molecule has 0 bridgehead atoms. The van der Waals surface area contributed by atoms with Crippen LogP contribution >= 0.6 is 0 Å². The number of carbonyl (C=O) groups excluding carboxylic acids is 3. The van der Waals surface area contributed by atoms with Crippen molar-refractivity contribution < 1.29 is 24.2 Å². The van der Waals surface area contributed by atoms with E-state index in [0.29, 0.717) is 11.3 Å². The van der Waals surface area contributed by atoms with E-state index in [1.165, 1.54) is 13.8 Å². The maximum absolute atomic E-state index is 13.3. The molecule has 33 heavy (non-hydrogen) atoms. The summed E-state index contributed by atoms with van der Waals surface area (Å²) in [5.74, 6) is -0.930. The molecule has 0 fully saturated rings. The molecule has 9 heteroatoms. The van der Waals surface area contributed by atoms with Crippen molar-refractivity contribution in [3.8, 4) is 5.75 Å². The molecule has 2 aromatic rings. The van der Waals surface area contributed by atoms with Crippen molar-refractivity contribution in [2.75, 3.05) is 13.2 Å². The standard InChI is InChI=1S/C24H32N4O5/c1-16-10-8-9-13-22(16)33-15-21(31)14-25-17(2)26-23(32)24(27-18(3)29,28-19(4)30)20-11-6-5-7-12-20/h5-13,17,21,25,31H,14-15H2,1-4H3,(H,26,32)(H,27,29)(H,28,30). The van der Waals surface area contributed by atoms with Gasteiger partial charge >= 0.3 is 0 Å². The molecule has 178 valence electrons. The summed E-state index contributed by atoms with van der Waals surface area (Å²) in [4.78, 5) is 37.1. The summed E-state index contributed by atoms with van der Waals surface area (Å²) < 4.78 is 5.64. The molecule has 0 saturated carbocycles. The van der Waals surface area contributed by atoms with Gasteiger partial charge in [0.2, 0.25) is 17.5 Å². The Hall–Kier alpha value is -3.43. The van der Waals surface area contributed by atoms with Gasteiger partial charge in [-0.1, -0.05) is 48.5 Å². The lowest BCUT2D eigenvalue weighted by molar-refractivity contribution is -0.139. The average Bonchev–Trinajstić information content (AvgIpc) is 2.76. The molecule has 9 nitrogen and oxygen atoms in total. The number of carbonyl (C=O) groups is 3. The van der Waals surface area contributed by atoms with E-state index in [1.54, 1.807) is 37.3 Å². The highest BCUT2D eigenvalue weighted by Crippen LogP contribution is 2.19. The van der Waals surface area contributed by atoms with Crippen LogP contribution in [0.15, 0.2) is 54.6 Å². The number of ether oxygens (including phenoxy) is 1. The first-order valence-corrected chi connectivity index (χ1v) is 10.7. The molecular weight excluding hydrogens is 424 g/mol. The Labute approximate surface area is 193 Å². The summed E-state index contributed by atoms with van der Waals surface area (Å²) >= 11 is 0. The van der Waals surface area contributed by atoms with Crippen LogP contribution in [-0.4, -0.2) is 48.2 Å². The minimum atomic E-state index is -1.79. The fourth-order valence-corrected chi connectivity index (χ4v) is 3.27. The molecule has 2 unspecified atom stereocenters. The van der Waals surface area contributed by atoms with E-state index < -0.39 is 35.7 Å². The van der Waals surface area contributed by atoms with Crippen LogP contribution in [0, 0.1) is 6.92 Å². The smallest absolute Gasteiger partial charge is 0.272 e. The fraction of sp³-hybridized carbons (Fsp3) is 0.375. The minimum Gasteiger partial charge on any atom is -0.491 e. The Morgan fingerprint density at radius 2 is 1.55 bits per heavy atom. The molecule has 2 aromatic carbocycles. The maximum Gasteiger partial charge on any atom is 0.272 e. The summed E-state index contributed by atoms with van der Waals surface area (Å²) in [5.41, 5.74) is -0.431. The van der Waals surface area contributed by atoms with Gasteiger partial charge in [-0.25, -0.2) is 0 Å². The summed E-state index contributed by atoms with van der Waals surface area (Å²) in [6.07, 6.45) is -1.41. The van der Waals surface area contributed by atoms with Crippen molar-refractivity contribution in [2.24, 2.45) is 0 Å². The van der Waals surface area contributed by atoms with E-state index >= 15 is 0 Å². The molecule has 0 saturated heterocycles. The number of benzene rings is 2. The molecule has 0 heterocycles. The fourth-order valence-electron chi connectivity index (χ4n) is 3.27. The van der Waals surface area contributed by atoms with Crippen LogP contribution in [0.2, 0.25) is 0 Å². The number of rotatable bonds is 11. The van der Waals surface area contributed by atoms with Gasteiger partial charge in [0.25, 0.3) is 5.91 Å². The summed E-state index contributed by atoms with van der Waals surface area (Å²) in [6, 6.07) is 15.9. The Bertz CT molecular complexity index is 935. The van der Waals surface area contributed by atoms with Crippen molar-refractivity contribution in [1.82, 2.24) is 21.3 Å². The lowest BCUT2D eigenvalue weighted by Gasteiger charge is -2.35.